The maximum absolute atomic E-state index is 13.5. The second-order valence-corrected chi connectivity index (χ2v) is 7.75. The van der Waals surface area contributed by atoms with Gasteiger partial charge < -0.3 is 15.3 Å². The summed E-state index contributed by atoms with van der Waals surface area (Å²) in [6.45, 7) is 4.02. The summed E-state index contributed by atoms with van der Waals surface area (Å²) in [5.41, 5.74) is 3.42. The first-order valence-electron chi connectivity index (χ1n) is 10.00. The minimum atomic E-state index is -1.12. The van der Waals surface area contributed by atoms with Crippen LogP contribution in [0.4, 0.5) is 8.78 Å². The van der Waals surface area contributed by atoms with Gasteiger partial charge in [0.2, 0.25) is 0 Å². The van der Waals surface area contributed by atoms with E-state index >= 15 is 0 Å². The summed E-state index contributed by atoms with van der Waals surface area (Å²) in [4.78, 5) is 10.7. The van der Waals surface area contributed by atoms with Crippen molar-refractivity contribution in [2.45, 2.75) is 51.7 Å². The fraction of sp³-hybridized carbons (Fsp3) is 0.375. The molecule has 4 nitrogen and oxygen atoms in total. The minimum absolute atomic E-state index is 0.0277. The van der Waals surface area contributed by atoms with Crippen molar-refractivity contribution in [3.05, 3.63) is 76.9 Å². The summed E-state index contributed by atoms with van der Waals surface area (Å²) in [6.07, 6.45) is -1.60. The number of hydrogen-bond acceptors (Lipinski definition) is 3. The van der Waals surface area contributed by atoms with Crippen LogP contribution >= 0.6 is 0 Å². The molecule has 2 rings (SSSR count). The molecule has 0 aliphatic heterocycles. The number of aliphatic carboxylic acids is 1. The van der Waals surface area contributed by atoms with Gasteiger partial charge in [0.15, 0.2) is 0 Å². The van der Waals surface area contributed by atoms with Crippen LogP contribution in [0.2, 0.25) is 0 Å². The topological polar surface area (TPSA) is 77.8 Å². The first-order valence-corrected chi connectivity index (χ1v) is 10.00. The van der Waals surface area contributed by atoms with E-state index in [-0.39, 0.29) is 24.0 Å². The Labute approximate surface area is 175 Å². The maximum Gasteiger partial charge on any atom is 0.305 e. The fourth-order valence-electron chi connectivity index (χ4n) is 3.51. The van der Waals surface area contributed by atoms with E-state index in [1.54, 1.807) is 24.3 Å². The Balaban J connectivity index is 2.35. The third-order valence-electron chi connectivity index (χ3n) is 4.99. The summed E-state index contributed by atoms with van der Waals surface area (Å²) >= 11 is 0. The molecule has 0 aromatic heterocycles. The van der Waals surface area contributed by atoms with Crippen molar-refractivity contribution in [1.29, 1.82) is 0 Å². The van der Waals surface area contributed by atoms with Gasteiger partial charge in [-0.2, -0.15) is 0 Å². The second kappa shape index (κ2) is 11.0. The third-order valence-corrected chi connectivity index (χ3v) is 4.99. The van der Waals surface area contributed by atoms with Crippen LogP contribution in [0.25, 0.3) is 5.57 Å². The Morgan fingerprint density at radius 2 is 1.33 bits per heavy atom. The molecule has 2 atom stereocenters. The molecular formula is C24H28F2O4. The van der Waals surface area contributed by atoms with Crippen molar-refractivity contribution in [2.75, 3.05) is 0 Å². The van der Waals surface area contributed by atoms with Crippen LogP contribution in [-0.2, 0) is 4.79 Å². The largest absolute Gasteiger partial charge is 0.481 e. The summed E-state index contributed by atoms with van der Waals surface area (Å²) in [5.74, 6) is -1.74. The molecule has 6 heteroatoms. The molecule has 0 fully saturated rings. The highest BCUT2D eigenvalue weighted by Gasteiger charge is 2.19. The highest BCUT2D eigenvalue weighted by Crippen LogP contribution is 2.34. The van der Waals surface area contributed by atoms with E-state index in [1.165, 1.54) is 24.3 Å². The molecule has 0 amide bonds. The SMILES string of the molecule is CC(C)C(CC[C@@H](O)CC(O)CC(=O)O)=C(c1ccc(F)cc1)c1ccc(F)cc1. The number of allylic oxidation sites excluding steroid dienone is 1. The van der Waals surface area contributed by atoms with Crippen molar-refractivity contribution in [3.63, 3.8) is 0 Å². The number of hydrogen-bond donors (Lipinski definition) is 3. The van der Waals surface area contributed by atoms with Gasteiger partial charge in [-0.25, -0.2) is 8.78 Å². The van der Waals surface area contributed by atoms with Gasteiger partial charge in [-0.15, -0.1) is 0 Å². The molecule has 3 N–H and O–H groups in total. The summed E-state index contributed by atoms with van der Waals surface area (Å²) in [7, 11) is 0. The molecule has 0 radical (unpaired) electrons. The number of halogens is 2. The normalized spacial score (nSPS) is 13.2. The van der Waals surface area contributed by atoms with Gasteiger partial charge in [-0.1, -0.05) is 43.7 Å². The van der Waals surface area contributed by atoms with Crippen LogP contribution in [-0.4, -0.2) is 33.5 Å². The lowest BCUT2D eigenvalue weighted by molar-refractivity contribution is -0.139. The van der Waals surface area contributed by atoms with Gasteiger partial charge in [0.25, 0.3) is 0 Å². The first kappa shape index (κ1) is 23.7. The number of rotatable bonds is 10. The van der Waals surface area contributed by atoms with Crippen molar-refractivity contribution in [1.82, 2.24) is 0 Å². The van der Waals surface area contributed by atoms with Gasteiger partial charge in [0.05, 0.1) is 18.6 Å². The van der Waals surface area contributed by atoms with Crippen molar-refractivity contribution >= 4 is 11.5 Å². The van der Waals surface area contributed by atoms with Crippen LogP contribution in [0.5, 0.6) is 0 Å². The Morgan fingerprint density at radius 3 is 1.73 bits per heavy atom. The summed E-state index contributed by atoms with van der Waals surface area (Å²) in [6, 6.07) is 12.2. The van der Waals surface area contributed by atoms with Crippen molar-refractivity contribution < 1.29 is 28.9 Å². The second-order valence-electron chi connectivity index (χ2n) is 7.75. The molecule has 162 valence electrons. The molecule has 0 spiro atoms. The number of carbonyl (C=O) groups is 1. The molecule has 30 heavy (non-hydrogen) atoms. The van der Waals surface area contributed by atoms with Crippen LogP contribution < -0.4 is 0 Å². The van der Waals surface area contributed by atoms with E-state index in [1.807, 2.05) is 13.8 Å². The molecule has 1 unspecified atom stereocenters. The molecule has 2 aromatic carbocycles. The molecule has 0 bridgehead atoms. The smallest absolute Gasteiger partial charge is 0.305 e. The zero-order chi connectivity index (χ0) is 22.3. The lowest BCUT2D eigenvalue weighted by Crippen LogP contribution is -2.21. The average molecular weight is 418 g/mol. The van der Waals surface area contributed by atoms with E-state index in [2.05, 4.69) is 0 Å². The molecule has 0 aliphatic carbocycles. The monoisotopic (exact) mass is 418 g/mol. The van der Waals surface area contributed by atoms with Gasteiger partial charge >= 0.3 is 5.97 Å². The van der Waals surface area contributed by atoms with Gasteiger partial charge in [-0.05, 0) is 66.1 Å². The number of carboxylic acid groups (broad SMARTS) is 1. The van der Waals surface area contributed by atoms with Crippen molar-refractivity contribution in [3.8, 4) is 0 Å². The Hall–Kier alpha value is -2.57. The highest BCUT2D eigenvalue weighted by molar-refractivity contribution is 5.82. The minimum Gasteiger partial charge on any atom is -0.481 e. The maximum atomic E-state index is 13.5. The van der Waals surface area contributed by atoms with Crippen LogP contribution in [0.15, 0.2) is 54.1 Å². The average Bonchev–Trinajstić information content (AvgIpc) is 2.66. The van der Waals surface area contributed by atoms with E-state index in [4.69, 9.17) is 5.11 Å². The lowest BCUT2D eigenvalue weighted by atomic mass is 9.84. The van der Waals surface area contributed by atoms with E-state index in [9.17, 15) is 23.8 Å². The van der Waals surface area contributed by atoms with Crippen LogP contribution in [0.3, 0.4) is 0 Å². The Bertz CT molecular complexity index is 810. The zero-order valence-electron chi connectivity index (χ0n) is 17.2. The number of benzene rings is 2. The van der Waals surface area contributed by atoms with E-state index < -0.39 is 24.6 Å². The molecule has 0 saturated heterocycles. The van der Waals surface area contributed by atoms with E-state index in [0.29, 0.717) is 12.8 Å². The first-order chi connectivity index (χ1) is 14.2. The van der Waals surface area contributed by atoms with Crippen LogP contribution in [0.1, 0.15) is 50.7 Å². The highest BCUT2D eigenvalue weighted by atomic mass is 19.1. The standard InChI is InChI=1S/C24H28F2O4/c1-15(2)22(12-11-20(27)13-21(28)14-23(29)30)24(16-3-7-18(25)8-4-16)17-5-9-19(26)10-6-17/h3-10,15,20-21,27-28H,11-14H2,1-2H3,(H,29,30)/t20-,21?/m1/s1. The summed E-state index contributed by atoms with van der Waals surface area (Å²) in [5, 5.41) is 28.8. The van der Waals surface area contributed by atoms with Crippen molar-refractivity contribution in [2.24, 2.45) is 5.92 Å². The molecule has 0 heterocycles. The lowest BCUT2D eigenvalue weighted by Gasteiger charge is -2.22. The zero-order valence-corrected chi connectivity index (χ0v) is 17.2. The molecule has 0 aliphatic rings. The van der Waals surface area contributed by atoms with Gasteiger partial charge in [0, 0.05) is 0 Å². The van der Waals surface area contributed by atoms with Gasteiger partial charge in [0.1, 0.15) is 11.6 Å². The number of aliphatic hydroxyl groups is 2. The number of carboxylic acids is 1. The van der Waals surface area contributed by atoms with E-state index in [0.717, 1.165) is 22.3 Å². The van der Waals surface area contributed by atoms with Crippen LogP contribution in [0, 0.1) is 17.6 Å². The van der Waals surface area contributed by atoms with Gasteiger partial charge in [-0.3, -0.25) is 4.79 Å². The third kappa shape index (κ3) is 7.04. The quantitative estimate of drug-likeness (QED) is 0.518. The predicted molar refractivity (Wildman–Crippen MR) is 112 cm³/mol. The molecular weight excluding hydrogens is 390 g/mol. The Kier molecular flexibility index (Phi) is 8.69. The fourth-order valence-corrected chi connectivity index (χ4v) is 3.51. The predicted octanol–water partition coefficient (Wildman–Crippen LogP) is 4.79. The summed E-state index contributed by atoms with van der Waals surface area (Å²) < 4.78 is 26.9. The molecule has 0 saturated carbocycles. The molecule has 2 aromatic rings. The number of aliphatic hydroxyl groups excluding tert-OH is 2. The Morgan fingerprint density at radius 1 is 0.867 bits per heavy atom.